The number of pyridine rings is 2. The molecule has 0 bridgehead atoms. The van der Waals surface area contributed by atoms with Crippen LogP contribution >= 0.6 is 0 Å². The predicted octanol–water partition coefficient (Wildman–Crippen LogP) is 5.89. The third-order valence-corrected chi connectivity index (χ3v) is 5.15. The van der Waals surface area contributed by atoms with E-state index in [4.69, 9.17) is 0 Å². The van der Waals surface area contributed by atoms with Crippen LogP contribution in [0.2, 0.25) is 0 Å². The second-order valence-electron chi connectivity index (χ2n) is 7.40. The summed E-state index contributed by atoms with van der Waals surface area (Å²) in [6, 6.07) is 14.5. The lowest BCUT2D eigenvalue weighted by molar-refractivity contribution is 0.913. The molecule has 0 radical (unpaired) electrons. The summed E-state index contributed by atoms with van der Waals surface area (Å²) in [5.74, 6) is 0. The van der Waals surface area contributed by atoms with Gasteiger partial charge in [-0.25, -0.2) is 4.98 Å². The minimum Gasteiger partial charge on any atom is -0.358 e. The van der Waals surface area contributed by atoms with Crippen LogP contribution in [0.25, 0.3) is 44.5 Å². The average molecular weight is 394 g/mol. The lowest BCUT2D eigenvalue weighted by Gasteiger charge is -2.09. The molecule has 148 valence electrons. The number of benzene rings is 1. The Morgan fingerprint density at radius 3 is 2.80 bits per heavy atom. The van der Waals surface area contributed by atoms with Crippen LogP contribution < -0.4 is 5.32 Å². The summed E-state index contributed by atoms with van der Waals surface area (Å²) in [4.78, 5) is 12.4. The highest BCUT2D eigenvalue weighted by Crippen LogP contribution is 2.31. The van der Waals surface area contributed by atoms with Crippen molar-refractivity contribution in [3.63, 3.8) is 0 Å². The maximum absolute atomic E-state index is 4.58. The molecule has 30 heavy (non-hydrogen) atoms. The van der Waals surface area contributed by atoms with Gasteiger partial charge in [0, 0.05) is 45.5 Å². The van der Waals surface area contributed by atoms with Crippen LogP contribution in [0.3, 0.4) is 0 Å². The Morgan fingerprint density at radius 1 is 1.07 bits per heavy atom. The third kappa shape index (κ3) is 3.33. The molecule has 0 unspecified atom stereocenters. The van der Waals surface area contributed by atoms with E-state index >= 15 is 0 Å². The van der Waals surface area contributed by atoms with E-state index in [0.29, 0.717) is 0 Å². The number of allylic oxidation sites excluding steroid dienone is 1. The Balaban J connectivity index is 1.54. The standard InChI is InChI=1S/C24H22N6/c1-3-6-15(2)27-19-9-17(12-25-14-19)18-10-20-23(29-30-24(20)26-13-18)22-11-16-7-4-5-8-21(16)28-22/h4-5,7-14,27-28H,2-3,6H2,1H3,(H,26,29,30). The maximum atomic E-state index is 4.58. The van der Waals surface area contributed by atoms with E-state index in [1.165, 1.54) is 0 Å². The largest absolute Gasteiger partial charge is 0.358 e. The zero-order valence-corrected chi connectivity index (χ0v) is 16.7. The summed E-state index contributed by atoms with van der Waals surface area (Å²) in [6.07, 6.45) is 7.48. The highest BCUT2D eigenvalue weighted by molar-refractivity contribution is 5.96. The van der Waals surface area contributed by atoms with Gasteiger partial charge in [-0.1, -0.05) is 38.1 Å². The Kier molecular flexibility index (Phi) is 4.52. The molecule has 0 saturated heterocycles. The van der Waals surface area contributed by atoms with Gasteiger partial charge in [0.2, 0.25) is 0 Å². The van der Waals surface area contributed by atoms with Crippen LogP contribution in [0.5, 0.6) is 0 Å². The Bertz CT molecular complexity index is 1330. The monoisotopic (exact) mass is 394 g/mol. The van der Waals surface area contributed by atoms with Gasteiger partial charge in [0.1, 0.15) is 5.69 Å². The van der Waals surface area contributed by atoms with Crippen LogP contribution in [-0.2, 0) is 0 Å². The second kappa shape index (κ2) is 7.48. The molecule has 6 heteroatoms. The number of rotatable bonds is 6. The van der Waals surface area contributed by atoms with Gasteiger partial charge in [0.05, 0.1) is 17.6 Å². The van der Waals surface area contributed by atoms with Crippen molar-refractivity contribution in [3.8, 4) is 22.5 Å². The van der Waals surface area contributed by atoms with E-state index in [1.807, 2.05) is 30.7 Å². The fourth-order valence-corrected chi connectivity index (χ4v) is 3.70. The molecule has 6 nitrogen and oxygen atoms in total. The van der Waals surface area contributed by atoms with Crippen molar-refractivity contribution in [3.05, 3.63) is 73.3 Å². The van der Waals surface area contributed by atoms with Crippen molar-refractivity contribution >= 4 is 27.6 Å². The van der Waals surface area contributed by atoms with Crippen molar-refractivity contribution in [2.24, 2.45) is 0 Å². The van der Waals surface area contributed by atoms with E-state index in [-0.39, 0.29) is 0 Å². The molecule has 5 rings (SSSR count). The molecule has 5 aromatic rings. The lowest BCUT2D eigenvalue weighted by Crippen LogP contribution is -1.98. The summed E-state index contributed by atoms with van der Waals surface area (Å²) in [5.41, 5.74) is 7.55. The van der Waals surface area contributed by atoms with Crippen LogP contribution in [0, 0.1) is 0 Å². The molecule has 3 N–H and O–H groups in total. The van der Waals surface area contributed by atoms with Crippen LogP contribution in [0.1, 0.15) is 19.8 Å². The highest BCUT2D eigenvalue weighted by Gasteiger charge is 2.13. The summed E-state index contributed by atoms with van der Waals surface area (Å²) >= 11 is 0. The van der Waals surface area contributed by atoms with Gasteiger partial charge < -0.3 is 10.3 Å². The molecule has 0 saturated carbocycles. The van der Waals surface area contributed by atoms with Crippen LogP contribution in [0.15, 0.2) is 73.3 Å². The molecule has 0 aliphatic heterocycles. The SMILES string of the molecule is C=C(CCC)Nc1cncc(-c2cnc3[nH]nc(-c4cc5ccccc5[nH]4)c3c2)c1. The molecule has 1 aromatic carbocycles. The maximum Gasteiger partial charge on any atom is 0.155 e. The van der Waals surface area contributed by atoms with E-state index in [9.17, 15) is 0 Å². The number of anilines is 1. The van der Waals surface area contributed by atoms with E-state index in [2.05, 4.69) is 74.3 Å². The van der Waals surface area contributed by atoms with Gasteiger partial charge in [-0.15, -0.1) is 0 Å². The fraction of sp³-hybridized carbons (Fsp3) is 0.125. The molecule has 0 aliphatic rings. The van der Waals surface area contributed by atoms with Crippen molar-refractivity contribution in [1.29, 1.82) is 0 Å². The predicted molar refractivity (Wildman–Crippen MR) is 122 cm³/mol. The molecule has 0 spiro atoms. The molecule has 4 heterocycles. The first-order valence-electron chi connectivity index (χ1n) is 10.0. The smallest absolute Gasteiger partial charge is 0.155 e. The normalized spacial score (nSPS) is 11.2. The van der Waals surface area contributed by atoms with E-state index in [0.717, 1.165) is 68.7 Å². The first-order valence-corrected chi connectivity index (χ1v) is 10.0. The van der Waals surface area contributed by atoms with Gasteiger partial charge in [-0.3, -0.25) is 10.1 Å². The van der Waals surface area contributed by atoms with Crippen molar-refractivity contribution in [2.75, 3.05) is 5.32 Å². The Hall–Kier alpha value is -3.93. The van der Waals surface area contributed by atoms with Gasteiger partial charge in [0.15, 0.2) is 5.65 Å². The second-order valence-corrected chi connectivity index (χ2v) is 7.40. The first-order chi connectivity index (χ1) is 14.7. The van der Waals surface area contributed by atoms with Gasteiger partial charge in [0.25, 0.3) is 0 Å². The topological polar surface area (TPSA) is 82.3 Å². The number of hydrogen-bond donors (Lipinski definition) is 3. The van der Waals surface area contributed by atoms with Crippen molar-refractivity contribution in [1.82, 2.24) is 25.1 Å². The summed E-state index contributed by atoms with van der Waals surface area (Å²) in [5, 5.41) is 13.0. The average Bonchev–Trinajstić information content (AvgIpc) is 3.37. The minimum absolute atomic E-state index is 0.756. The lowest BCUT2D eigenvalue weighted by atomic mass is 10.1. The van der Waals surface area contributed by atoms with Crippen LogP contribution in [-0.4, -0.2) is 25.1 Å². The summed E-state index contributed by atoms with van der Waals surface area (Å²) in [7, 11) is 0. The highest BCUT2D eigenvalue weighted by atomic mass is 15.2. The summed E-state index contributed by atoms with van der Waals surface area (Å²) in [6.45, 7) is 6.21. The number of nitrogens with one attached hydrogen (secondary N) is 3. The minimum atomic E-state index is 0.756. The number of para-hydroxylation sites is 1. The Morgan fingerprint density at radius 2 is 1.93 bits per heavy atom. The third-order valence-electron chi connectivity index (χ3n) is 5.15. The Labute approximate surface area is 174 Å². The van der Waals surface area contributed by atoms with Gasteiger partial charge >= 0.3 is 0 Å². The molecule has 0 aliphatic carbocycles. The molecule has 0 amide bonds. The zero-order chi connectivity index (χ0) is 20.5. The summed E-state index contributed by atoms with van der Waals surface area (Å²) < 4.78 is 0. The number of aromatic amines is 2. The quantitative estimate of drug-likeness (QED) is 0.335. The molecular weight excluding hydrogens is 372 g/mol. The van der Waals surface area contributed by atoms with Crippen molar-refractivity contribution < 1.29 is 0 Å². The fourth-order valence-electron chi connectivity index (χ4n) is 3.70. The van der Waals surface area contributed by atoms with Gasteiger partial charge in [-0.2, -0.15) is 5.10 Å². The number of aromatic nitrogens is 5. The van der Waals surface area contributed by atoms with Crippen LogP contribution in [0.4, 0.5) is 5.69 Å². The number of hydrogen-bond acceptors (Lipinski definition) is 4. The van der Waals surface area contributed by atoms with Crippen molar-refractivity contribution in [2.45, 2.75) is 19.8 Å². The van der Waals surface area contributed by atoms with Gasteiger partial charge in [-0.05, 0) is 30.7 Å². The first kappa shape index (κ1) is 18.1. The molecule has 0 fully saturated rings. The zero-order valence-electron chi connectivity index (χ0n) is 16.7. The van der Waals surface area contributed by atoms with E-state index < -0.39 is 0 Å². The molecule has 4 aromatic heterocycles. The molecular formula is C24H22N6. The number of H-pyrrole nitrogens is 2. The number of fused-ring (bicyclic) bond motifs is 2. The number of nitrogens with zero attached hydrogens (tertiary/aromatic N) is 3. The molecule has 0 atom stereocenters. The van der Waals surface area contributed by atoms with E-state index in [1.54, 1.807) is 0 Å².